The maximum atomic E-state index is 4.22. The van der Waals surface area contributed by atoms with Crippen LogP contribution >= 0.6 is 15.9 Å². The second-order valence-corrected chi connectivity index (χ2v) is 7.13. The Hall–Kier alpha value is -1.56. The molecule has 0 spiro atoms. The van der Waals surface area contributed by atoms with E-state index in [0.717, 1.165) is 23.4 Å². The third-order valence-corrected chi connectivity index (χ3v) is 4.76. The van der Waals surface area contributed by atoms with Crippen LogP contribution in [0.25, 0.3) is 0 Å². The van der Waals surface area contributed by atoms with Gasteiger partial charge in [-0.2, -0.15) is 0 Å². The highest BCUT2D eigenvalue weighted by molar-refractivity contribution is 9.10. The molecule has 6 heteroatoms. The molecule has 0 unspecified atom stereocenters. The maximum Gasteiger partial charge on any atom is 0.152 e. The average Bonchev–Trinajstić information content (AvgIpc) is 2.81. The third-order valence-electron chi connectivity index (χ3n) is 4.26. The molecule has 0 aliphatic carbocycles. The Morgan fingerprint density at radius 2 is 2.00 bits per heavy atom. The van der Waals surface area contributed by atoms with E-state index >= 15 is 0 Å². The number of anilines is 2. The van der Waals surface area contributed by atoms with Crippen LogP contribution < -0.4 is 9.80 Å². The van der Waals surface area contributed by atoms with Crippen LogP contribution in [0.3, 0.4) is 0 Å². The Kier molecular flexibility index (Phi) is 3.43. The highest BCUT2D eigenvalue weighted by atomic mass is 79.9. The lowest BCUT2D eigenvalue weighted by molar-refractivity contribution is 0.456. The van der Waals surface area contributed by atoms with Crippen LogP contribution in [0.15, 0.2) is 29.0 Å². The number of aryl methyl sites for hydroxylation is 1. The van der Waals surface area contributed by atoms with Crippen molar-refractivity contribution in [2.45, 2.75) is 25.9 Å². The quantitative estimate of drug-likeness (QED) is 0.835. The van der Waals surface area contributed by atoms with Gasteiger partial charge < -0.3 is 14.4 Å². The molecule has 3 rings (SSSR count). The molecule has 0 atom stereocenters. The minimum absolute atomic E-state index is 0.0619. The molecule has 112 valence electrons. The van der Waals surface area contributed by atoms with Gasteiger partial charge >= 0.3 is 0 Å². The van der Waals surface area contributed by atoms with Crippen LogP contribution in [0.5, 0.6) is 0 Å². The lowest BCUT2D eigenvalue weighted by atomic mass is 9.97. The minimum Gasteiger partial charge on any atom is -0.366 e. The van der Waals surface area contributed by atoms with Crippen molar-refractivity contribution in [1.82, 2.24) is 14.8 Å². The number of halogens is 1. The van der Waals surface area contributed by atoms with Crippen molar-refractivity contribution in [1.29, 1.82) is 0 Å². The number of hydrogen-bond donors (Lipinski definition) is 0. The Labute approximate surface area is 133 Å². The molecule has 2 aromatic rings. The van der Waals surface area contributed by atoms with Crippen molar-refractivity contribution in [3.8, 4) is 0 Å². The number of aromatic nitrogens is 3. The molecule has 0 saturated heterocycles. The van der Waals surface area contributed by atoms with Crippen LogP contribution in [0.2, 0.25) is 0 Å². The fraction of sp³-hybridized carbons (Fsp3) is 0.467. The van der Waals surface area contributed by atoms with Gasteiger partial charge in [0.2, 0.25) is 0 Å². The SMILES string of the molecule is CN1c2cc(Br)ccc2N(Cc2nncn2C)CC1(C)C. The molecular weight excluding hydrogens is 330 g/mol. The normalized spacial score (nSPS) is 17.0. The lowest BCUT2D eigenvalue weighted by Gasteiger charge is -2.48. The number of hydrogen-bond acceptors (Lipinski definition) is 4. The summed E-state index contributed by atoms with van der Waals surface area (Å²) in [4.78, 5) is 4.73. The fourth-order valence-corrected chi connectivity index (χ4v) is 3.13. The van der Waals surface area contributed by atoms with Gasteiger partial charge in [0.25, 0.3) is 0 Å². The van der Waals surface area contributed by atoms with Crippen molar-refractivity contribution in [2.24, 2.45) is 7.05 Å². The van der Waals surface area contributed by atoms with E-state index in [4.69, 9.17) is 0 Å². The predicted octanol–water partition coefficient (Wildman–Crippen LogP) is 2.81. The third kappa shape index (κ3) is 2.52. The summed E-state index contributed by atoms with van der Waals surface area (Å²) in [5.74, 6) is 0.976. The van der Waals surface area contributed by atoms with Gasteiger partial charge in [0.1, 0.15) is 6.33 Å². The molecule has 0 saturated carbocycles. The van der Waals surface area contributed by atoms with E-state index in [-0.39, 0.29) is 5.54 Å². The van der Waals surface area contributed by atoms with Crippen LogP contribution in [0.4, 0.5) is 11.4 Å². The number of fused-ring (bicyclic) bond motifs is 1. The van der Waals surface area contributed by atoms with E-state index < -0.39 is 0 Å². The molecule has 0 radical (unpaired) electrons. The molecule has 2 heterocycles. The van der Waals surface area contributed by atoms with Crippen LogP contribution in [0.1, 0.15) is 19.7 Å². The zero-order valence-corrected chi connectivity index (χ0v) is 14.4. The van der Waals surface area contributed by atoms with Crippen molar-refractivity contribution in [2.75, 3.05) is 23.4 Å². The molecule has 0 fully saturated rings. The first-order valence-corrected chi connectivity index (χ1v) is 7.79. The number of benzene rings is 1. The number of rotatable bonds is 2. The second kappa shape index (κ2) is 5.02. The molecule has 0 amide bonds. The highest BCUT2D eigenvalue weighted by Crippen LogP contribution is 2.40. The van der Waals surface area contributed by atoms with E-state index in [2.05, 4.69) is 75.0 Å². The summed E-state index contributed by atoms with van der Waals surface area (Å²) in [7, 11) is 4.14. The Balaban J connectivity index is 2.02. The molecule has 1 aromatic heterocycles. The second-order valence-electron chi connectivity index (χ2n) is 6.22. The Morgan fingerprint density at radius 1 is 1.24 bits per heavy atom. The van der Waals surface area contributed by atoms with Gasteiger partial charge in [-0.1, -0.05) is 15.9 Å². The van der Waals surface area contributed by atoms with Crippen LogP contribution in [-0.2, 0) is 13.6 Å². The van der Waals surface area contributed by atoms with E-state index in [1.54, 1.807) is 6.33 Å². The Bertz CT molecular complexity index is 664. The summed E-state index contributed by atoms with van der Waals surface area (Å²) < 4.78 is 3.08. The molecule has 0 bridgehead atoms. The highest BCUT2D eigenvalue weighted by Gasteiger charge is 2.34. The van der Waals surface area contributed by atoms with Gasteiger partial charge in [-0.15, -0.1) is 10.2 Å². The predicted molar refractivity (Wildman–Crippen MR) is 88.7 cm³/mol. The van der Waals surface area contributed by atoms with Gasteiger partial charge in [-0.25, -0.2) is 0 Å². The van der Waals surface area contributed by atoms with Gasteiger partial charge in [0, 0.05) is 25.1 Å². The Morgan fingerprint density at radius 3 is 2.67 bits per heavy atom. The average molecular weight is 350 g/mol. The summed E-state index contributed by atoms with van der Waals surface area (Å²) in [6.45, 7) is 6.24. The smallest absolute Gasteiger partial charge is 0.152 e. The van der Waals surface area contributed by atoms with E-state index in [9.17, 15) is 0 Å². The zero-order chi connectivity index (χ0) is 15.2. The lowest BCUT2D eigenvalue weighted by Crippen LogP contribution is -2.54. The summed E-state index contributed by atoms with van der Waals surface area (Å²) in [5.41, 5.74) is 2.54. The first kappa shape index (κ1) is 14.4. The fourth-order valence-electron chi connectivity index (χ4n) is 2.78. The van der Waals surface area contributed by atoms with E-state index in [0.29, 0.717) is 0 Å². The molecule has 1 aliphatic rings. The minimum atomic E-state index is 0.0619. The summed E-state index contributed by atoms with van der Waals surface area (Å²) in [6, 6.07) is 6.44. The monoisotopic (exact) mass is 349 g/mol. The van der Waals surface area contributed by atoms with Crippen molar-refractivity contribution < 1.29 is 0 Å². The van der Waals surface area contributed by atoms with E-state index in [1.165, 1.54) is 11.4 Å². The van der Waals surface area contributed by atoms with E-state index in [1.807, 2.05) is 11.6 Å². The molecule has 21 heavy (non-hydrogen) atoms. The van der Waals surface area contributed by atoms with Gasteiger partial charge in [0.15, 0.2) is 5.82 Å². The van der Waals surface area contributed by atoms with Crippen molar-refractivity contribution in [3.05, 3.63) is 34.8 Å². The van der Waals surface area contributed by atoms with Crippen LogP contribution in [-0.4, -0.2) is 33.9 Å². The molecule has 0 N–H and O–H groups in total. The summed E-state index contributed by atoms with van der Waals surface area (Å²) in [6.07, 6.45) is 1.75. The number of nitrogens with zero attached hydrogens (tertiary/aromatic N) is 5. The van der Waals surface area contributed by atoms with Gasteiger partial charge in [-0.05, 0) is 32.0 Å². The molecular formula is C15H20BrN5. The first-order chi connectivity index (χ1) is 9.88. The van der Waals surface area contributed by atoms with Crippen LogP contribution in [0, 0.1) is 0 Å². The summed E-state index contributed by atoms with van der Waals surface area (Å²) >= 11 is 3.58. The largest absolute Gasteiger partial charge is 0.366 e. The van der Waals surface area contributed by atoms with Crippen molar-refractivity contribution in [3.63, 3.8) is 0 Å². The molecule has 1 aliphatic heterocycles. The van der Waals surface area contributed by atoms with Gasteiger partial charge in [0.05, 0.1) is 23.5 Å². The number of likely N-dealkylation sites (N-methyl/N-ethyl adjacent to an activating group) is 1. The molecule has 1 aromatic carbocycles. The summed E-state index contributed by atoms with van der Waals surface area (Å²) in [5, 5.41) is 8.19. The standard InChI is InChI=1S/C15H20BrN5/c1-15(2)9-21(8-14-18-17-10-19(14)3)12-6-5-11(16)7-13(12)20(15)4/h5-7,10H,8-9H2,1-4H3. The first-order valence-electron chi connectivity index (χ1n) is 7.00. The zero-order valence-electron chi connectivity index (χ0n) is 12.8. The van der Waals surface area contributed by atoms with Gasteiger partial charge in [-0.3, -0.25) is 0 Å². The molecule has 5 nitrogen and oxygen atoms in total. The topological polar surface area (TPSA) is 37.2 Å². The van der Waals surface area contributed by atoms with Crippen molar-refractivity contribution >= 4 is 27.3 Å². The maximum absolute atomic E-state index is 4.22.